The Bertz CT molecular complexity index is 883. The van der Waals surface area contributed by atoms with Crippen molar-refractivity contribution in [1.82, 2.24) is 5.32 Å². The van der Waals surface area contributed by atoms with Gasteiger partial charge in [-0.3, -0.25) is 9.79 Å². The van der Waals surface area contributed by atoms with E-state index in [1.54, 1.807) is 31.2 Å². The first-order valence-electron chi connectivity index (χ1n) is 8.14. The Morgan fingerprint density at radius 3 is 2.54 bits per heavy atom. The van der Waals surface area contributed by atoms with Crippen molar-refractivity contribution in [2.45, 2.75) is 18.9 Å². The lowest BCUT2D eigenvalue weighted by molar-refractivity contribution is 0.0963. The Balaban J connectivity index is 2.06. The molecule has 0 saturated carbocycles. The van der Waals surface area contributed by atoms with Crippen molar-refractivity contribution >= 4 is 22.8 Å². The van der Waals surface area contributed by atoms with Gasteiger partial charge in [-0.1, -0.05) is 23.9 Å². The van der Waals surface area contributed by atoms with E-state index in [9.17, 15) is 13.6 Å². The maximum Gasteiger partial charge on any atom is 0.251 e. The number of rotatable bonds is 3. The van der Waals surface area contributed by atoms with E-state index in [-0.39, 0.29) is 11.5 Å². The third-order valence-electron chi connectivity index (χ3n) is 4.52. The van der Waals surface area contributed by atoms with Crippen molar-refractivity contribution in [3.63, 3.8) is 0 Å². The number of halogens is 2. The lowest BCUT2D eigenvalue weighted by atomic mass is 9.87. The molecule has 7 heteroatoms. The summed E-state index contributed by atoms with van der Waals surface area (Å²) in [5.41, 5.74) is 6.58. The molecule has 0 fully saturated rings. The smallest absolute Gasteiger partial charge is 0.251 e. The van der Waals surface area contributed by atoms with Crippen LogP contribution in [0.2, 0.25) is 0 Å². The van der Waals surface area contributed by atoms with E-state index in [1.807, 2.05) is 0 Å². The molecule has 2 aromatic rings. The lowest BCUT2D eigenvalue weighted by Crippen LogP contribution is -2.29. The van der Waals surface area contributed by atoms with Gasteiger partial charge in [0, 0.05) is 35.6 Å². The summed E-state index contributed by atoms with van der Waals surface area (Å²) < 4.78 is 28.9. The maximum absolute atomic E-state index is 14.5. The van der Waals surface area contributed by atoms with E-state index < -0.39 is 17.2 Å². The number of hydrogen-bond acceptors (Lipinski definition) is 4. The number of hydrogen-bond donors (Lipinski definition) is 2. The molecule has 136 valence electrons. The average Bonchev–Trinajstić information content (AvgIpc) is 2.61. The van der Waals surface area contributed by atoms with Crippen LogP contribution in [0.5, 0.6) is 0 Å². The molecule has 1 aliphatic rings. The van der Waals surface area contributed by atoms with Gasteiger partial charge in [0.05, 0.1) is 5.54 Å². The van der Waals surface area contributed by atoms with Gasteiger partial charge in [0.2, 0.25) is 0 Å². The lowest BCUT2D eigenvalue weighted by Gasteiger charge is -2.30. The van der Waals surface area contributed by atoms with E-state index in [0.29, 0.717) is 28.3 Å². The second-order valence-electron chi connectivity index (χ2n) is 6.29. The van der Waals surface area contributed by atoms with Crippen molar-refractivity contribution in [3.05, 3.63) is 59.2 Å². The largest absolute Gasteiger partial charge is 0.379 e. The molecule has 1 amide bonds. The molecule has 0 saturated heterocycles. The minimum Gasteiger partial charge on any atom is -0.379 e. The van der Waals surface area contributed by atoms with Crippen LogP contribution < -0.4 is 11.1 Å². The molecule has 3 N–H and O–H groups in total. The van der Waals surface area contributed by atoms with Crippen molar-refractivity contribution in [2.24, 2.45) is 10.7 Å². The second kappa shape index (κ2) is 7.07. The standard InChI is InChI=1S/C19H19F2N3OS/c1-19(7-8-26-18(22)24-19)14-9-13(15(20)10-16(14)21)11-3-5-12(6-4-11)17(25)23-2/h3-6,9-10H,7-8H2,1-2H3,(H2,22,24)(H,23,25). The number of aliphatic imine (C=N–C) groups is 1. The van der Waals surface area contributed by atoms with E-state index in [1.165, 1.54) is 24.9 Å². The van der Waals surface area contributed by atoms with Gasteiger partial charge in [-0.15, -0.1) is 0 Å². The molecule has 3 rings (SSSR count). The molecule has 1 aliphatic heterocycles. The van der Waals surface area contributed by atoms with Crippen LogP contribution in [0, 0.1) is 11.6 Å². The van der Waals surface area contributed by atoms with Crippen LogP contribution in [-0.4, -0.2) is 23.9 Å². The van der Waals surface area contributed by atoms with Crippen molar-refractivity contribution in [3.8, 4) is 11.1 Å². The molecule has 1 atom stereocenters. The SMILES string of the molecule is CNC(=O)c1ccc(-c2cc(C3(C)CCSC(N)=N3)c(F)cc2F)cc1. The number of carbonyl (C=O) groups is 1. The average molecular weight is 375 g/mol. The van der Waals surface area contributed by atoms with E-state index in [0.717, 1.165) is 11.8 Å². The van der Waals surface area contributed by atoms with Crippen LogP contribution >= 0.6 is 11.8 Å². The number of amidine groups is 1. The monoisotopic (exact) mass is 375 g/mol. The van der Waals surface area contributed by atoms with Gasteiger partial charge < -0.3 is 11.1 Å². The normalized spacial score (nSPS) is 19.8. The summed E-state index contributed by atoms with van der Waals surface area (Å²) >= 11 is 1.42. The Morgan fingerprint density at radius 2 is 1.92 bits per heavy atom. The Morgan fingerprint density at radius 1 is 1.23 bits per heavy atom. The first kappa shape index (κ1) is 18.4. The molecule has 1 unspecified atom stereocenters. The maximum atomic E-state index is 14.5. The van der Waals surface area contributed by atoms with Gasteiger partial charge in [0.1, 0.15) is 11.6 Å². The highest BCUT2D eigenvalue weighted by atomic mass is 32.2. The number of nitrogens with one attached hydrogen (secondary N) is 1. The number of thioether (sulfide) groups is 1. The molecule has 0 aliphatic carbocycles. The quantitative estimate of drug-likeness (QED) is 0.860. The summed E-state index contributed by atoms with van der Waals surface area (Å²) in [5.74, 6) is -0.809. The van der Waals surface area contributed by atoms with E-state index in [4.69, 9.17) is 5.73 Å². The molecular formula is C19H19F2N3OS. The molecule has 1 heterocycles. The van der Waals surface area contributed by atoms with Gasteiger partial charge in [-0.2, -0.15) is 0 Å². The number of benzene rings is 2. The molecule has 4 nitrogen and oxygen atoms in total. The van der Waals surface area contributed by atoms with Crippen LogP contribution in [0.3, 0.4) is 0 Å². The molecule has 2 aromatic carbocycles. The molecule has 26 heavy (non-hydrogen) atoms. The molecular weight excluding hydrogens is 356 g/mol. The van der Waals surface area contributed by atoms with Crippen LogP contribution in [0.1, 0.15) is 29.3 Å². The van der Waals surface area contributed by atoms with Gasteiger partial charge in [-0.05, 0) is 37.1 Å². The Kier molecular flexibility index (Phi) is 5.00. The predicted molar refractivity (Wildman–Crippen MR) is 101 cm³/mol. The molecule has 0 aromatic heterocycles. The molecule has 0 bridgehead atoms. The topological polar surface area (TPSA) is 67.5 Å². The number of carbonyl (C=O) groups excluding carboxylic acids is 1. The fourth-order valence-corrected chi connectivity index (χ4v) is 3.98. The number of amides is 1. The minimum atomic E-state index is -0.829. The second-order valence-corrected chi connectivity index (χ2v) is 7.41. The van der Waals surface area contributed by atoms with Crippen molar-refractivity contribution < 1.29 is 13.6 Å². The van der Waals surface area contributed by atoms with Gasteiger partial charge in [0.25, 0.3) is 5.91 Å². The minimum absolute atomic E-state index is 0.228. The zero-order valence-electron chi connectivity index (χ0n) is 14.5. The van der Waals surface area contributed by atoms with Crippen molar-refractivity contribution in [1.29, 1.82) is 0 Å². The van der Waals surface area contributed by atoms with Gasteiger partial charge in [-0.25, -0.2) is 8.78 Å². The summed E-state index contributed by atoms with van der Waals surface area (Å²) in [4.78, 5) is 16.0. The summed E-state index contributed by atoms with van der Waals surface area (Å²) in [7, 11) is 1.54. The van der Waals surface area contributed by atoms with Gasteiger partial charge in [0.15, 0.2) is 5.17 Å². The van der Waals surface area contributed by atoms with Crippen LogP contribution in [0.25, 0.3) is 11.1 Å². The summed E-state index contributed by atoms with van der Waals surface area (Å²) in [6.45, 7) is 1.80. The zero-order chi connectivity index (χ0) is 18.9. The predicted octanol–water partition coefficient (Wildman–Crippen LogP) is 3.66. The zero-order valence-corrected chi connectivity index (χ0v) is 15.3. The Labute approximate surface area is 154 Å². The fraction of sp³-hybridized carbons (Fsp3) is 0.263. The van der Waals surface area contributed by atoms with Crippen LogP contribution in [0.4, 0.5) is 8.78 Å². The third kappa shape index (κ3) is 3.44. The number of nitrogens with zero attached hydrogens (tertiary/aromatic N) is 1. The highest BCUT2D eigenvalue weighted by molar-refractivity contribution is 8.13. The first-order chi connectivity index (χ1) is 12.3. The summed E-state index contributed by atoms with van der Waals surface area (Å²) in [6.07, 6.45) is 0.607. The highest BCUT2D eigenvalue weighted by Crippen LogP contribution is 2.39. The molecule has 0 spiro atoms. The van der Waals surface area contributed by atoms with Crippen LogP contribution in [0.15, 0.2) is 41.4 Å². The summed E-state index contributed by atoms with van der Waals surface area (Å²) in [5, 5.41) is 2.93. The number of nitrogens with two attached hydrogens (primary N) is 1. The molecule has 0 radical (unpaired) electrons. The third-order valence-corrected chi connectivity index (χ3v) is 5.31. The van der Waals surface area contributed by atoms with E-state index in [2.05, 4.69) is 10.3 Å². The summed E-state index contributed by atoms with van der Waals surface area (Å²) in [6, 6.07) is 8.86. The van der Waals surface area contributed by atoms with Crippen molar-refractivity contribution in [2.75, 3.05) is 12.8 Å². The first-order valence-corrected chi connectivity index (χ1v) is 9.13. The van der Waals surface area contributed by atoms with E-state index >= 15 is 0 Å². The van der Waals surface area contributed by atoms with Gasteiger partial charge >= 0.3 is 0 Å². The Hall–Kier alpha value is -2.41. The highest BCUT2D eigenvalue weighted by Gasteiger charge is 2.33. The fourth-order valence-electron chi connectivity index (χ4n) is 3.01. The van der Waals surface area contributed by atoms with Crippen LogP contribution in [-0.2, 0) is 5.54 Å².